The van der Waals surface area contributed by atoms with Gasteiger partial charge in [0.1, 0.15) is 5.75 Å². The fraction of sp³-hybridized carbons (Fsp3) is 0.333. The molecule has 0 unspecified atom stereocenters. The summed E-state index contributed by atoms with van der Waals surface area (Å²) in [6.07, 6.45) is 0. The molecule has 5 nitrogen and oxygen atoms in total. The predicted octanol–water partition coefficient (Wildman–Crippen LogP) is 2.79. The molecule has 0 spiro atoms. The molecule has 0 aliphatic heterocycles. The minimum Gasteiger partial charge on any atom is -0.474 e. The summed E-state index contributed by atoms with van der Waals surface area (Å²) in [4.78, 5) is 0.424. The highest BCUT2D eigenvalue weighted by Crippen LogP contribution is 2.26. The van der Waals surface area contributed by atoms with Crippen LogP contribution in [0, 0.1) is 0 Å². The Morgan fingerprint density at radius 3 is 1.58 bits per heavy atom. The van der Waals surface area contributed by atoms with E-state index in [0.29, 0.717) is 5.75 Å². The fourth-order valence-corrected chi connectivity index (χ4v) is 3.45. The summed E-state index contributed by atoms with van der Waals surface area (Å²) in [6, 6.07) is 12.8. The van der Waals surface area contributed by atoms with Gasteiger partial charge in [-0.25, -0.2) is 8.42 Å². The van der Waals surface area contributed by atoms with Crippen molar-refractivity contribution in [1.29, 1.82) is 0 Å². The Morgan fingerprint density at radius 2 is 1.21 bits per heavy atom. The van der Waals surface area contributed by atoms with Gasteiger partial charge in [0, 0.05) is 5.54 Å². The number of rotatable bonds is 5. The monoisotopic (exact) mass is 348 g/mol. The van der Waals surface area contributed by atoms with Gasteiger partial charge in [-0.1, -0.05) is 12.1 Å². The Morgan fingerprint density at radius 1 is 0.792 bits per heavy atom. The van der Waals surface area contributed by atoms with Gasteiger partial charge < -0.3 is 10.5 Å². The van der Waals surface area contributed by atoms with E-state index in [-0.39, 0.29) is 9.79 Å². The van der Waals surface area contributed by atoms with E-state index < -0.39 is 21.1 Å². The summed E-state index contributed by atoms with van der Waals surface area (Å²) >= 11 is 0. The van der Waals surface area contributed by atoms with Crippen molar-refractivity contribution in [2.75, 3.05) is 0 Å². The Balaban J connectivity index is 2.30. The highest BCUT2D eigenvalue weighted by atomic mass is 32.2. The predicted molar refractivity (Wildman–Crippen MR) is 94.4 cm³/mol. The van der Waals surface area contributed by atoms with Crippen molar-refractivity contribution in [3.8, 4) is 5.75 Å². The molecule has 0 aliphatic carbocycles. The smallest absolute Gasteiger partial charge is 0.206 e. The van der Waals surface area contributed by atoms with Gasteiger partial charge in [-0.15, -0.1) is 0 Å². The Hall–Kier alpha value is -1.89. The summed E-state index contributed by atoms with van der Waals surface area (Å²) in [6.45, 7) is 7.18. The quantitative estimate of drug-likeness (QED) is 0.810. The van der Waals surface area contributed by atoms with Crippen LogP contribution in [0.2, 0.25) is 0 Å². The van der Waals surface area contributed by atoms with E-state index in [1.807, 2.05) is 13.8 Å². The molecule has 130 valence electrons. The molecule has 24 heavy (non-hydrogen) atoms. The van der Waals surface area contributed by atoms with Gasteiger partial charge in [-0.3, -0.25) is 5.73 Å². The SMILES string of the molecule is CC(C)(N)Oc1ccc(S(=O)(=O)c2ccc(C(C)(C)N)cc2)cc1. The van der Waals surface area contributed by atoms with Crippen molar-refractivity contribution >= 4 is 9.84 Å². The third kappa shape index (κ3) is 4.35. The molecule has 0 atom stereocenters. The van der Waals surface area contributed by atoms with E-state index in [0.717, 1.165) is 5.56 Å². The molecule has 0 fully saturated rings. The zero-order valence-electron chi connectivity index (χ0n) is 14.4. The van der Waals surface area contributed by atoms with E-state index in [2.05, 4.69) is 0 Å². The van der Waals surface area contributed by atoms with Gasteiger partial charge >= 0.3 is 0 Å². The molecule has 4 N–H and O–H groups in total. The molecular weight excluding hydrogens is 324 g/mol. The largest absolute Gasteiger partial charge is 0.474 e. The lowest BCUT2D eigenvalue weighted by Gasteiger charge is -2.21. The second-order valence-corrected chi connectivity index (χ2v) is 8.88. The first kappa shape index (κ1) is 18.4. The summed E-state index contributed by atoms with van der Waals surface area (Å²) < 4.78 is 30.9. The third-order valence-electron chi connectivity index (χ3n) is 3.42. The van der Waals surface area contributed by atoms with Gasteiger partial charge in [-0.2, -0.15) is 0 Å². The summed E-state index contributed by atoms with van der Waals surface area (Å²) in [5.74, 6) is 0.515. The molecule has 2 aromatic rings. The van der Waals surface area contributed by atoms with Crippen LogP contribution in [0.5, 0.6) is 5.75 Å². The zero-order chi connectivity index (χ0) is 18.2. The molecule has 2 aromatic carbocycles. The van der Waals surface area contributed by atoms with Crippen molar-refractivity contribution < 1.29 is 13.2 Å². The van der Waals surface area contributed by atoms with Crippen LogP contribution in [0.15, 0.2) is 58.3 Å². The van der Waals surface area contributed by atoms with Gasteiger partial charge in [-0.05, 0) is 69.7 Å². The van der Waals surface area contributed by atoms with Crippen molar-refractivity contribution in [3.63, 3.8) is 0 Å². The van der Waals surface area contributed by atoms with Gasteiger partial charge in [0.2, 0.25) is 9.84 Å². The molecule has 0 saturated carbocycles. The topological polar surface area (TPSA) is 95.4 Å². The standard InChI is InChI=1S/C18H24N2O3S/c1-17(2,19)13-5-9-15(10-6-13)24(21,22)16-11-7-14(8-12-16)23-18(3,4)20/h5-12H,19-20H2,1-4H3. The van der Waals surface area contributed by atoms with E-state index in [4.69, 9.17) is 16.2 Å². The van der Waals surface area contributed by atoms with Crippen LogP contribution in [0.3, 0.4) is 0 Å². The number of benzene rings is 2. The average Bonchev–Trinajstić information content (AvgIpc) is 2.45. The molecule has 0 heterocycles. The first-order valence-electron chi connectivity index (χ1n) is 7.62. The van der Waals surface area contributed by atoms with Crippen LogP contribution in [0.25, 0.3) is 0 Å². The number of nitrogens with two attached hydrogens (primary N) is 2. The summed E-state index contributed by atoms with van der Waals surface area (Å²) in [7, 11) is -3.59. The highest BCUT2D eigenvalue weighted by molar-refractivity contribution is 7.91. The van der Waals surface area contributed by atoms with Crippen molar-refractivity contribution in [2.24, 2.45) is 11.5 Å². The van der Waals surface area contributed by atoms with Crippen LogP contribution < -0.4 is 16.2 Å². The number of hydrogen-bond acceptors (Lipinski definition) is 5. The van der Waals surface area contributed by atoms with Crippen LogP contribution in [-0.4, -0.2) is 14.1 Å². The number of hydrogen-bond donors (Lipinski definition) is 2. The third-order valence-corrected chi connectivity index (χ3v) is 5.21. The number of ether oxygens (including phenoxy) is 1. The Labute approximate surface area is 143 Å². The normalized spacial score (nSPS) is 12.9. The maximum Gasteiger partial charge on any atom is 0.206 e. The molecule has 0 bridgehead atoms. The molecule has 0 radical (unpaired) electrons. The lowest BCUT2D eigenvalue weighted by molar-refractivity contribution is 0.117. The minimum atomic E-state index is -3.59. The van der Waals surface area contributed by atoms with E-state index in [1.165, 1.54) is 12.1 Å². The fourth-order valence-electron chi connectivity index (χ4n) is 2.19. The average molecular weight is 348 g/mol. The van der Waals surface area contributed by atoms with Gasteiger partial charge in [0.05, 0.1) is 9.79 Å². The van der Waals surface area contributed by atoms with Gasteiger partial charge in [0.15, 0.2) is 5.72 Å². The Kier molecular flexibility index (Phi) is 4.77. The second-order valence-electron chi connectivity index (χ2n) is 6.93. The number of sulfone groups is 1. The minimum absolute atomic E-state index is 0.199. The lowest BCUT2D eigenvalue weighted by atomic mass is 9.96. The zero-order valence-corrected chi connectivity index (χ0v) is 15.2. The maximum absolute atomic E-state index is 12.7. The molecule has 0 aliphatic rings. The summed E-state index contributed by atoms with van der Waals surface area (Å²) in [5.41, 5.74) is 11.3. The molecule has 6 heteroatoms. The summed E-state index contributed by atoms with van der Waals surface area (Å²) in [5, 5.41) is 0. The molecule has 0 amide bonds. The molecule has 0 aromatic heterocycles. The Bertz CT molecular complexity index is 797. The lowest BCUT2D eigenvalue weighted by Crippen LogP contribution is -2.38. The van der Waals surface area contributed by atoms with Crippen LogP contribution in [0.4, 0.5) is 0 Å². The van der Waals surface area contributed by atoms with Crippen molar-refractivity contribution in [1.82, 2.24) is 0 Å². The van der Waals surface area contributed by atoms with Crippen LogP contribution >= 0.6 is 0 Å². The first-order valence-corrected chi connectivity index (χ1v) is 9.10. The second kappa shape index (κ2) is 6.20. The van der Waals surface area contributed by atoms with Crippen LogP contribution in [0.1, 0.15) is 33.3 Å². The molecule has 0 saturated heterocycles. The van der Waals surface area contributed by atoms with E-state index in [9.17, 15) is 8.42 Å². The maximum atomic E-state index is 12.7. The first-order chi connectivity index (χ1) is 10.9. The highest BCUT2D eigenvalue weighted by Gasteiger charge is 2.20. The van der Waals surface area contributed by atoms with Gasteiger partial charge in [0.25, 0.3) is 0 Å². The molecule has 2 rings (SSSR count). The molecular formula is C18H24N2O3S. The van der Waals surface area contributed by atoms with Crippen molar-refractivity contribution in [3.05, 3.63) is 54.1 Å². The van der Waals surface area contributed by atoms with E-state index >= 15 is 0 Å². The van der Waals surface area contributed by atoms with Crippen molar-refractivity contribution in [2.45, 2.75) is 48.7 Å². The van der Waals surface area contributed by atoms with Crippen LogP contribution in [-0.2, 0) is 15.4 Å². The van der Waals surface area contributed by atoms with E-state index in [1.54, 1.807) is 50.2 Å².